The molecule has 0 radical (unpaired) electrons. The molecule has 0 aliphatic heterocycles. The van der Waals surface area contributed by atoms with Gasteiger partial charge < -0.3 is 0 Å². The van der Waals surface area contributed by atoms with Gasteiger partial charge in [0.1, 0.15) is 0 Å². The summed E-state index contributed by atoms with van der Waals surface area (Å²) in [6.45, 7) is 0. The summed E-state index contributed by atoms with van der Waals surface area (Å²) in [5, 5.41) is 7.78. The van der Waals surface area contributed by atoms with Crippen molar-refractivity contribution in [1.29, 1.82) is 0 Å². The monoisotopic (exact) mass is 274 g/mol. The molecule has 16 heavy (non-hydrogen) atoms. The van der Waals surface area contributed by atoms with E-state index >= 15 is 0 Å². The lowest BCUT2D eigenvalue weighted by Gasteiger charge is -2.06. The average Bonchev–Trinajstić information content (AvgIpc) is 2.76. The number of rotatable bonds is 1. The Bertz CT molecular complexity index is 537. The summed E-state index contributed by atoms with van der Waals surface area (Å²) in [7, 11) is 0. The fourth-order valence-corrected chi connectivity index (χ4v) is 2.68. The molecule has 2 aromatic rings. The fraction of sp³-hybridized carbons (Fsp3) is 0.231. The van der Waals surface area contributed by atoms with Gasteiger partial charge in [-0.3, -0.25) is 0 Å². The molecule has 0 unspecified atom stereocenters. The van der Waals surface area contributed by atoms with E-state index in [2.05, 4.69) is 44.3 Å². The molecule has 0 saturated heterocycles. The Kier molecular flexibility index (Phi) is 2.48. The summed E-state index contributed by atoms with van der Waals surface area (Å²) >= 11 is 3.51. The van der Waals surface area contributed by atoms with E-state index in [1.165, 1.54) is 36.0 Å². The van der Waals surface area contributed by atoms with E-state index < -0.39 is 0 Å². The minimum absolute atomic E-state index is 1.00. The average molecular weight is 275 g/mol. The van der Waals surface area contributed by atoms with Gasteiger partial charge in [0.2, 0.25) is 0 Å². The van der Waals surface area contributed by atoms with Crippen molar-refractivity contribution in [2.24, 2.45) is 0 Å². The largest absolute Gasteiger partial charge is 0.158 e. The van der Waals surface area contributed by atoms with Crippen molar-refractivity contribution in [2.45, 2.75) is 19.3 Å². The number of halogens is 1. The molecule has 0 atom stereocenters. The van der Waals surface area contributed by atoms with Crippen LogP contribution < -0.4 is 0 Å². The van der Waals surface area contributed by atoms with E-state index in [-0.39, 0.29) is 0 Å². The molecule has 80 valence electrons. The van der Waals surface area contributed by atoms with Crippen LogP contribution in [-0.2, 0) is 12.8 Å². The zero-order chi connectivity index (χ0) is 11.0. The number of hydrogen-bond donors (Lipinski definition) is 0. The molecule has 0 spiro atoms. The topological polar surface area (TPSA) is 25.8 Å². The molecule has 1 aliphatic rings. The first-order valence-corrected chi connectivity index (χ1v) is 6.22. The molecule has 3 rings (SSSR count). The Morgan fingerprint density at radius 3 is 2.69 bits per heavy atom. The Morgan fingerprint density at radius 1 is 1.00 bits per heavy atom. The van der Waals surface area contributed by atoms with E-state index in [1.54, 1.807) is 12.4 Å². The molecular formula is C13H11BrN2. The van der Waals surface area contributed by atoms with Crippen molar-refractivity contribution in [1.82, 2.24) is 10.2 Å². The summed E-state index contributed by atoms with van der Waals surface area (Å²) < 4.78 is 1.00. The highest BCUT2D eigenvalue weighted by molar-refractivity contribution is 9.10. The van der Waals surface area contributed by atoms with Gasteiger partial charge in [-0.05, 0) is 51.9 Å². The lowest BCUT2D eigenvalue weighted by molar-refractivity contribution is 0.912. The Morgan fingerprint density at radius 2 is 1.81 bits per heavy atom. The smallest absolute Gasteiger partial charge is 0.0644 e. The van der Waals surface area contributed by atoms with Crippen molar-refractivity contribution in [3.63, 3.8) is 0 Å². The third-order valence-electron chi connectivity index (χ3n) is 3.09. The lowest BCUT2D eigenvalue weighted by atomic mass is 10.0. The highest BCUT2D eigenvalue weighted by Crippen LogP contribution is 2.31. The fourth-order valence-electron chi connectivity index (χ4n) is 2.26. The van der Waals surface area contributed by atoms with Crippen LogP contribution in [0.1, 0.15) is 17.5 Å². The Balaban J connectivity index is 2.11. The summed E-state index contributed by atoms with van der Waals surface area (Å²) in [6, 6.07) is 6.70. The van der Waals surface area contributed by atoms with Crippen molar-refractivity contribution in [3.8, 4) is 11.1 Å². The number of hydrogen-bond acceptors (Lipinski definition) is 2. The molecule has 0 fully saturated rings. The lowest BCUT2D eigenvalue weighted by Crippen LogP contribution is -1.88. The first kappa shape index (κ1) is 9.97. The second-order valence-electron chi connectivity index (χ2n) is 4.09. The van der Waals surface area contributed by atoms with Gasteiger partial charge in [-0.2, -0.15) is 10.2 Å². The minimum atomic E-state index is 1.00. The molecule has 0 amide bonds. The van der Waals surface area contributed by atoms with Crippen LogP contribution in [0.5, 0.6) is 0 Å². The third-order valence-corrected chi connectivity index (χ3v) is 3.72. The third kappa shape index (κ3) is 1.65. The van der Waals surface area contributed by atoms with E-state index in [0.717, 1.165) is 10.0 Å². The van der Waals surface area contributed by atoms with Crippen molar-refractivity contribution >= 4 is 15.9 Å². The second-order valence-corrected chi connectivity index (χ2v) is 4.94. The SMILES string of the molecule is Brc1cnncc1-c1ccc2c(c1)CCC2. The first-order valence-electron chi connectivity index (χ1n) is 5.43. The van der Waals surface area contributed by atoms with Crippen LogP contribution in [0, 0.1) is 0 Å². The van der Waals surface area contributed by atoms with Gasteiger partial charge in [-0.1, -0.05) is 18.2 Å². The van der Waals surface area contributed by atoms with Crippen LogP contribution in [0.2, 0.25) is 0 Å². The first-order chi connectivity index (χ1) is 7.84. The summed E-state index contributed by atoms with van der Waals surface area (Å²) in [4.78, 5) is 0. The van der Waals surface area contributed by atoms with E-state index in [4.69, 9.17) is 0 Å². The number of benzene rings is 1. The normalized spacial score (nSPS) is 13.8. The molecule has 1 heterocycles. The number of nitrogens with zero attached hydrogens (tertiary/aromatic N) is 2. The molecular weight excluding hydrogens is 264 g/mol. The zero-order valence-electron chi connectivity index (χ0n) is 8.78. The molecule has 3 heteroatoms. The maximum atomic E-state index is 3.94. The predicted octanol–water partition coefficient (Wildman–Crippen LogP) is 3.39. The van der Waals surface area contributed by atoms with Gasteiger partial charge >= 0.3 is 0 Å². The maximum Gasteiger partial charge on any atom is 0.0644 e. The van der Waals surface area contributed by atoms with Crippen molar-refractivity contribution in [3.05, 3.63) is 46.2 Å². The molecule has 2 nitrogen and oxygen atoms in total. The quantitative estimate of drug-likeness (QED) is 0.797. The highest BCUT2D eigenvalue weighted by atomic mass is 79.9. The highest BCUT2D eigenvalue weighted by Gasteiger charge is 2.12. The van der Waals surface area contributed by atoms with Gasteiger partial charge in [0.05, 0.1) is 12.4 Å². The van der Waals surface area contributed by atoms with Crippen LogP contribution in [-0.4, -0.2) is 10.2 Å². The molecule has 1 aliphatic carbocycles. The zero-order valence-corrected chi connectivity index (χ0v) is 10.4. The second kappa shape index (κ2) is 3.98. The molecule has 0 N–H and O–H groups in total. The van der Waals surface area contributed by atoms with Crippen molar-refractivity contribution in [2.75, 3.05) is 0 Å². The summed E-state index contributed by atoms with van der Waals surface area (Å²) in [5.41, 5.74) is 5.33. The number of fused-ring (bicyclic) bond motifs is 1. The van der Waals surface area contributed by atoms with Crippen LogP contribution >= 0.6 is 15.9 Å². The van der Waals surface area contributed by atoms with E-state index in [9.17, 15) is 0 Å². The van der Waals surface area contributed by atoms with Gasteiger partial charge in [0.25, 0.3) is 0 Å². The summed E-state index contributed by atoms with van der Waals surface area (Å²) in [6.07, 6.45) is 7.27. The predicted molar refractivity (Wildman–Crippen MR) is 67.2 cm³/mol. The van der Waals surface area contributed by atoms with E-state index in [1.807, 2.05) is 0 Å². The van der Waals surface area contributed by atoms with Gasteiger partial charge in [-0.15, -0.1) is 0 Å². The molecule has 0 bridgehead atoms. The van der Waals surface area contributed by atoms with Gasteiger partial charge in [-0.25, -0.2) is 0 Å². The summed E-state index contributed by atoms with van der Waals surface area (Å²) in [5.74, 6) is 0. The molecule has 1 aromatic heterocycles. The van der Waals surface area contributed by atoms with Gasteiger partial charge in [0.15, 0.2) is 0 Å². The molecule has 1 aromatic carbocycles. The van der Waals surface area contributed by atoms with Crippen molar-refractivity contribution < 1.29 is 0 Å². The number of aryl methyl sites for hydroxylation is 2. The molecule has 0 saturated carbocycles. The Hall–Kier alpha value is -1.22. The minimum Gasteiger partial charge on any atom is -0.158 e. The Labute approximate surface area is 103 Å². The van der Waals surface area contributed by atoms with Crippen LogP contribution in [0.3, 0.4) is 0 Å². The standard InChI is InChI=1S/C13H11BrN2/c14-13-8-16-15-7-12(13)11-5-4-9-2-1-3-10(9)6-11/h4-8H,1-3H2. The van der Waals surface area contributed by atoms with Crippen LogP contribution in [0.15, 0.2) is 35.1 Å². The van der Waals surface area contributed by atoms with Crippen LogP contribution in [0.4, 0.5) is 0 Å². The maximum absolute atomic E-state index is 3.94. The van der Waals surface area contributed by atoms with E-state index in [0.29, 0.717) is 0 Å². The van der Waals surface area contributed by atoms with Crippen LogP contribution in [0.25, 0.3) is 11.1 Å². The number of aromatic nitrogens is 2. The van der Waals surface area contributed by atoms with Gasteiger partial charge in [0, 0.05) is 10.0 Å².